The number of fused-ring (bicyclic) bond motifs is 1. The molecule has 0 amide bonds. The van der Waals surface area contributed by atoms with Crippen LogP contribution in [0.2, 0.25) is 0 Å². The molecule has 1 aliphatic carbocycles. The van der Waals surface area contributed by atoms with E-state index in [1.165, 1.54) is 12.8 Å². The predicted octanol–water partition coefficient (Wildman–Crippen LogP) is 0.344. The molecule has 2 heterocycles. The second-order valence-electron chi connectivity index (χ2n) is 5.07. The first-order chi connectivity index (χ1) is 7.83. The molecule has 1 aromatic heterocycles. The van der Waals surface area contributed by atoms with E-state index >= 15 is 0 Å². The Kier molecular flexibility index (Phi) is 2.61. The molecule has 1 aromatic rings. The number of hydrogen-bond acceptors (Lipinski definition) is 4. The average molecular weight is 218 g/mol. The molecule has 4 nitrogen and oxygen atoms in total. The lowest BCUT2D eigenvalue weighted by atomic mass is 9.91. The molecule has 4 unspecified atom stereocenters. The summed E-state index contributed by atoms with van der Waals surface area (Å²) in [5.74, 6) is 1.54. The van der Waals surface area contributed by atoms with Crippen LogP contribution in [0.5, 0.6) is 0 Å². The Morgan fingerprint density at radius 2 is 2.31 bits per heavy atom. The normalized spacial score (nSPS) is 37.6. The number of rotatable bonds is 2. The highest BCUT2D eigenvalue weighted by Crippen LogP contribution is 2.37. The molecule has 1 saturated heterocycles. The largest absolute Gasteiger partial charge is 0.328 e. The average Bonchev–Trinajstić information content (AvgIpc) is 2.81. The molecule has 0 spiro atoms. The van der Waals surface area contributed by atoms with Crippen LogP contribution in [0.25, 0.3) is 0 Å². The minimum Gasteiger partial charge on any atom is -0.328 e. The van der Waals surface area contributed by atoms with Crippen LogP contribution in [0.1, 0.15) is 18.5 Å². The summed E-state index contributed by atoms with van der Waals surface area (Å²) in [5.41, 5.74) is 7.11. The molecule has 0 radical (unpaired) electrons. The van der Waals surface area contributed by atoms with E-state index in [2.05, 4.69) is 15.3 Å². The van der Waals surface area contributed by atoms with E-state index < -0.39 is 0 Å². The van der Waals surface area contributed by atoms with Crippen molar-refractivity contribution < 1.29 is 0 Å². The molecule has 2 fully saturated rings. The zero-order valence-corrected chi connectivity index (χ0v) is 9.34. The Morgan fingerprint density at radius 3 is 3.12 bits per heavy atom. The summed E-state index contributed by atoms with van der Waals surface area (Å²) >= 11 is 0. The highest BCUT2D eigenvalue weighted by Gasteiger charge is 2.41. The van der Waals surface area contributed by atoms with Gasteiger partial charge in [-0.3, -0.25) is 9.97 Å². The maximum atomic E-state index is 6.02. The molecule has 0 bridgehead atoms. The minimum absolute atomic E-state index is 0.418. The summed E-state index contributed by atoms with van der Waals surface area (Å²) in [4.78, 5) is 8.45. The molecule has 86 valence electrons. The highest BCUT2D eigenvalue weighted by molar-refractivity contribution is 5.05. The SMILES string of the molecule is NC1CC2CNC(Cc3cnccn3)C2C1. The van der Waals surface area contributed by atoms with Crippen LogP contribution < -0.4 is 11.1 Å². The number of aromatic nitrogens is 2. The molecule has 4 heteroatoms. The molecule has 4 atom stereocenters. The number of nitrogens with two attached hydrogens (primary N) is 1. The van der Waals surface area contributed by atoms with E-state index in [0.717, 1.165) is 30.5 Å². The Labute approximate surface area is 95.7 Å². The van der Waals surface area contributed by atoms with Gasteiger partial charge >= 0.3 is 0 Å². The molecule has 0 aromatic carbocycles. The molecule has 1 aliphatic heterocycles. The van der Waals surface area contributed by atoms with Crippen molar-refractivity contribution in [2.75, 3.05) is 6.54 Å². The fraction of sp³-hybridized carbons (Fsp3) is 0.667. The van der Waals surface area contributed by atoms with Crippen molar-refractivity contribution in [3.63, 3.8) is 0 Å². The van der Waals surface area contributed by atoms with Crippen LogP contribution in [-0.2, 0) is 6.42 Å². The molecular formula is C12H18N4. The second-order valence-corrected chi connectivity index (χ2v) is 5.07. The summed E-state index contributed by atoms with van der Waals surface area (Å²) < 4.78 is 0. The molecule has 3 rings (SSSR count). The van der Waals surface area contributed by atoms with Gasteiger partial charge in [0.15, 0.2) is 0 Å². The Bertz CT molecular complexity index is 353. The topological polar surface area (TPSA) is 63.8 Å². The smallest absolute Gasteiger partial charge is 0.0602 e. The van der Waals surface area contributed by atoms with Gasteiger partial charge in [0.2, 0.25) is 0 Å². The van der Waals surface area contributed by atoms with Gasteiger partial charge in [0.1, 0.15) is 0 Å². The Hall–Kier alpha value is -1.00. The Balaban J connectivity index is 1.68. The van der Waals surface area contributed by atoms with Crippen molar-refractivity contribution in [1.29, 1.82) is 0 Å². The van der Waals surface area contributed by atoms with Crippen molar-refractivity contribution in [3.8, 4) is 0 Å². The van der Waals surface area contributed by atoms with Gasteiger partial charge in [-0.15, -0.1) is 0 Å². The van der Waals surface area contributed by atoms with Gasteiger partial charge < -0.3 is 11.1 Å². The minimum atomic E-state index is 0.418. The first-order valence-electron chi connectivity index (χ1n) is 6.07. The predicted molar refractivity (Wildman–Crippen MR) is 61.7 cm³/mol. The standard InChI is InChI=1S/C12H18N4/c13-9-3-8-6-16-12(11(8)4-9)5-10-7-14-1-2-15-10/h1-2,7-9,11-12,16H,3-6,13H2. The van der Waals surface area contributed by atoms with Gasteiger partial charge in [-0.1, -0.05) is 0 Å². The first-order valence-corrected chi connectivity index (χ1v) is 6.07. The van der Waals surface area contributed by atoms with Crippen molar-refractivity contribution in [1.82, 2.24) is 15.3 Å². The molecule has 16 heavy (non-hydrogen) atoms. The van der Waals surface area contributed by atoms with Crippen LogP contribution in [-0.4, -0.2) is 28.6 Å². The van der Waals surface area contributed by atoms with Gasteiger partial charge in [-0.2, -0.15) is 0 Å². The summed E-state index contributed by atoms with van der Waals surface area (Å²) in [7, 11) is 0. The Morgan fingerprint density at radius 1 is 1.38 bits per heavy atom. The maximum Gasteiger partial charge on any atom is 0.0602 e. The van der Waals surface area contributed by atoms with Crippen molar-refractivity contribution in [2.24, 2.45) is 17.6 Å². The first kappa shape index (κ1) is 10.2. The maximum absolute atomic E-state index is 6.02. The number of nitrogens with one attached hydrogen (secondary N) is 1. The van der Waals surface area contributed by atoms with E-state index in [-0.39, 0.29) is 0 Å². The van der Waals surface area contributed by atoms with Gasteiger partial charge in [-0.05, 0) is 31.2 Å². The van der Waals surface area contributed by atoms with E-state index in [0.29, 0.717) is 12.1 Å². The molecule has 1 saturated carbocycles. The van der Waals surface area contributed by atoms with Crippen LogP contribution >= 0.6 is 0 Å². The van der Waals surface area contributed by atoms with Crippen molar-refractivity contribution >= 4 is 0 Å². The van der Waals surface area contributed by atoms with E-state index in [1.54, 1.807) is 12.4 Å². The molecule has 3 N–H and O–H groups in total. The van der Waals surface area contributed by atoms with Crippen LogP contribution in [0.15, 0.2) is 18.6 Å². The lowest BCUT2D eigenvalue weighted by Gasteiger charge is -2.17. The lowest BCUT2D eigenvalue weighted by Crippen LogP contribution is -2.31. The third-order valence-electron chi connectivity index (χ3n) is 3.99. The number of hydrogen-bond donors (Lipinski definition) is 2. The quantitative estimate of drug-likeness (QED) is 0.751. The summed E-state index contributed by atoms with van der Waals surface area (Å²) in [6.45, 7) is 1.13. The van der Waals surface area contributed by atoms with Crippen LogP contribution in [0, 0.1) is 11.8 Å². The van der Waals surface area contributed by atoms with E-state index in [1.807, 2.05) is 6.20 Å². The van der Waals surface area contributed by atoms with Crippen molar-refractivity contribution in [3.05, 3.63) is 24.3 Å². The van der Waals surface area contributed by atoms with Crippen LogP contribution in [0.4, 0.5) is 0 Å². The van der Waals surface area contributed by atoms with Gasteiger partial charge in [0.25, 0.3) is 0 Å². The summed E-state index contributed by atoms with van der Waals surface area (Å²) in [6, 6.07) is 0.969. The van der Waals surface area contributed by atoms with E-state index in [4.69, 9.17) is 5.73 Å². The van der Waals surface area contributed by atoms with E-state index in [9.17, 15) is 0 Å². The summed E-state index contributed by atoms with van der Waals surface area (Å²) in [6.07, 6.45) is 8.70. The monoisotopic (exact) mass is 218 g/mol. The third-order valence-corrected chi connectivity index (χ3v) is 3.99. The zero-order chi connectivity index (χ0) is 11.0. The third kappa shape index (κ3) is 1.83. The fourth-order valence-electron chi connectivity index (χ4n) is 3.27. The van der Waals surface area contributed by atoms with Crippen LogP contribution in [0.3, 0.4) is 0 Å². The lowest BCUT2D eigenvalue weighted by molar-refractivity contribution is 0.404. The van der Waals surface area contributed by atoms with Gasteiger partial charge in [0.05, 0.1) is 5.69 Å². The number of nitrogens with zero attached hydrogens (tertiary/aromatic N) is 2. The van der Waals surface area contributed by atoms with Crippen molar-refractivity contribution in [2.45, 2.75) is 31.3 Å². The van der Waals surface area contributed by atoms with Gasteiger partial charge in [-0.25, -0.2) is 0 Å². The summed E-state index contributed by atoms with van der Waals surface area (Å²) in [5, 5.41) is 3.60. The highest BCUT2D eigenvalue weighted by atomic mass is 15.0. The fourth-order valence-corrected chi connectivity index (χ4v) is 3.27. The van der Waals surface area contributed by atoms with Gasteiger partial charge in [0, 0.05) is 37.1 Å². The second kappa shape index (κ2) is 4.11. The molecule has 2 aliphatic rings. The molecular weight excluding hydrogens is 200 g/mol. The zero-order valence-electron chi connectivity index (χ0n) is 9.34.